The van der Waals surface area contributed by atoms with Crippen molar-refractivity contribution in [1.82, 2.24) is 5.32 Å². The molecule has 0 aliphatic carbocycles. The molecule has 0 aromatic heterocycles. The number of hydrogen-bond acceptors (Lipinski definition) is 1. The number of nitrogens with one attached hydrogen (secondary N) is 1. The second-order valence-electron chi connectivity index (χ2n) is 4.44. The predicted molar refractivity (Wildman–Crippen MR) is 63.4 cm³/mol. The van der Waals surface area contributed by atoms with Gasteiger partial charge in [-0.15, -0.1) is 11.6 Å². The summed E-state index contributed by atoms with van der Waals surface area (Å²) in [6.45, 7) is 5.28. The number of carbonyl (C=O) groups is 1. The maximum absolute atomic E-state index is 13.0. The van der Waals surface area contributed by atoms with Gasteiger partial charge in [-0.2, -0.15) is 0 Å². The Morgan fingerprint density at radius 3 is 2.62 bits per heavy atom. The Morgan fingerprint density at radius 1 is 1.50 bits per heavy atom. The number of amides is 1. The molecule has 0 unspecified atom stereocenters. The number of hydrogen-bond donors (Lipinski definition) is 1. The first-order valence-electron chi connectivity index (χ1n) is 5.00. The number of halogens is 2. The number of alkyl halides is 1. The molecule has 1 aromatic rings. The number of benzene rings is 1. The summed E-state index contributed by atoms with van der Waals surface area (Å²) in [5.41, 5.74) is 0.425. The van der Waals surface area contributed by atoms with Crippen molar-refractivity contribution < 1.29 is 9.18 Å². The highest BCUT2D eigenvalue weighted by Gasteiger charge is 2.20. The van der Waals surface area contributed by atoms with Crippen LogP contribution in [0.4, 0.5) is 4.39 Å². The fourth-order valence-electron chi connectivity index (χ4n) is 1.20. The molecule has 1 aromatic carbocycles. The van der Waals surface area contributed by atoms with Crippen LogP contribution in [-0.2, 0) is 0 Å². The van der Waals surface area contributed by atoms with E-state index in [9.17, 15) is 9.18 Å². The molecule has 0 bridgehead atoms. The molecule has 0 heterocycles. The molecule has 0 spiro atoms. The van der Waals surface area contributed by atoms with Gasteiger partial charge < -0.3 is 5.32 Å². The van der Waals surface area contributed by atoms with Gasteiger partial charge in [0, 0.05) is 17.0 Å². The van der Waals surface area contributed by atoms with Crippen molar-refractivity contribution in [3.63, 3.8) is 0 Å². The number of aryl methyl sites for hydroxylation is 1. The lowest BCUT2D eigenvalue weighted by Gasteiger charge is -2.23. The van der Waals surface area contributed by atoms with Gasteiger partial charge in [0.15, 0.2) is 0 Å². The van der Waals surface area contributed by atoms with Crippen LogP contribution in [0.5, 0.6) is 0 Å². The van der Waals surface area contributed by atoms with Crippen LogP contribution in [0.25, 0.3) is 0 Å². The molecule has 0 saturated heterocycles. The van der Waals surface area contributed by atoms with Crippen LogP contribution in [0, 0.1) is 12.7 Å². The topological polar surface area (TPSA) is 29.1 Å². The molecule has 16 heavy (non-hydrogen) atoms. The first-order valence-corrected chi connectivity index (χ1v) is 5.54. The number of carbonyl (C=O) groups excluding carboxylic acids is 1. The van der Waals surface area contributed by atoms with E-state index in [0.717, 1.165) is 0 Å². The van der Waals surface area contributed by atoms with Gasteiger partial charge in [-0.1, -0.05) is 0 Å². The Bertz CT molecular complexity index is 404. The van der Waals surface area contributed by atoms with E-state index < -0.39 is 5.54 Å². The largest absolute Gasteiger partial charge is 0.346 e. The minimum Gasteiger partial charge on any atom is -0.346 e. The van der Waals surface area contributed by atoms with E-state index in [4.69, 9.17) is 11.6 Å². The lowest BCUT2D eigenvalue weighted by atomic mass is 10.1. The quantitative estimate of drug-likeness (QED) is 0.813. The summed E-state index contributed by atoms with van der Waals surface area (Å²) in [4.78, 5) is 11.8. The molecule has 88 valence electrons. The van der Waals surface area contributed by atoms with E-state index in [2.05, 4.69) is 5.32 Å². The number of rotatable bonds is 3. The summed E-state index contributed by atoms with van der Waals surface area (Å²) in [5.74, 6) is -0.235. The van der Waals surface area contributed by atoms with Gasteiger partial charge in [0.05, 0.1) is 0 Å². The summed E-state index contributed by atoms with van der Waals surface area (Å²) in [6, 6.07) is 4.27. The van der Waals surface area contributed by atoms with Gasteiger partial charge in [-0.25, -0.2) is 4.39 Å². The molecule has 1 amide bonds. The Kier molecular flexibility index (Phi) is 3.92. The highest BCUT2D eigenvalue weighted by molar-refractivity contribution is 6.18. The van der Waals surface area contributed by atoms with Crippen LogP contribution in [0.1, 0.15) is 29.8 Å². The summed E-state index contributed by atoms with van der Waals surface area (Å²) < 4.78 is 13.0. The first kappa shape index (κ1) is 13.0. The summed E-state index contributed by atoms with van der Waals surface area (Å²) in [5, 5.41) is 2.78. The Hall–Kier alpha value is -1.09. The second kappa shape index (κ2) is 4.83. The van der Waals surface area contributed by atoms with Crippen LogP contribution in [-0.4, -0.2) is 17.3 Å². The van der Waals surface area contributed by atoms with Crippen molar-refractivity contribution in [2.75, 3.05) is 5.88 Å². The Labute approximate surface area is 99.8 Å². The van der Waals surface area contributed by atoms with E-state index in [0.29, 0.717) is 17.0 Å². The maximum Gasteiger partial charge on any atom is 0.251 e. The summed E-state index contributed by atoms with van der Waals surface area (Å²) in [6.07, 6.45) is 0. The molecule has 0 aliphatic rings. The second-order valence-corrected chi connectivity index (χ2v) is 4.70. The van der Waals surface area contributed by atoms with Crippen molar-refractivity contribution in [2.24, 2.45) is 0 Å². The van der Waals surface area contributed by atoms with Gasteiger partial charge in [-0.05, 0) is 44.5 Å². The van der Waals surface area contributed by atoms with Crippen LogP contribution in [0.15, 0.2) is 18.2 Å². The van der Waals surface area contributed by atoms with Crippen molar-refractivity contribution in [1.29, 1.82) is 0 Å². The predicted octanol–water partition coefficient (Wildman–Crippen LogP) is 2.88. The lowest BCUT2D eigenvalue weighted by Crippen LogP contribution is -2.44. The zero-order valence-corrected chi connectivity index (χ0v) is 10.4. The maximum atomic E-state index is 13.0. The molecule has 0 radical (unpaired) electrons. The van der Waals surface area contributed by atoms with Crippen LogP contribution < -0.4 is 5.32 Å². The average Bonchev–Trinajstić information content (AvgIpc) is 2.21. The van der Waals surface area contributed by atoms with E-state index in [1.807, 2.05) is 13.8 Å². The fraction of sp³-hybridized carbons (Fsp3) is 0.417. The van der Waals surface area contributed by atoms with Crippen LogP contribution in [0.3, 0.4) is 0 Å². The van der Waals surface area contributed by atoms with Gasteiger partial charge in [0.2, 0.25) is 0 Å². The monoisotopic (exact) mass is 243 g/mol. The third-order valence-electron chi connectivity index (χ3n) is 2.21. The van der Waals surface area contributed by atoms with E-state index in [1.54, 1.807) is 6.92 Å². The van der Waals surface area contributed by atoms with Crippen molar-refractivity contribution in [3.05, 3.63) is 35.1 Å². The molecule has 0 fully saturated rings. The molecule has 1 rings (SSSR count). The van der Waals surface area contributed by atoms with Crippen LogP contribution >= 0.6 is 11.6 Å². The van der Waals surface area contributed by atoms with Crippen molar-refractivity contribution >= 4 is 17.5 Å². The molecular formula is C12H15ClFNO. The molecule has 2 nitrogen and oxygen atoms in total. The van der Waals surface area contributed by atoms with Crippen LogP contribution in [0.2, 0.25) is 0 Å². The van der Waals surface area contributed by atoms with E-state index in [1.165, 1.54) is 18.2 Å². The lowest BCUT2D eigenvalue weighted by molar-refractivity contribution is 0.0920. The molecule has 4 heteroatoms. The van der Waals surface area contributed by atoms with Gasteiger partial charge in [0.25, 0.3) is 5.91 Å². The zero-order chi connectivity index (χ0) is 12.3. The normalized spacial score (nSPS) is 11.3. The Morgan fingerprint density at radius 2 is 2.12 bits per heavy atom. The molecule has 0 saturated carbocycles. The average molecular weight is 244 g/mol. The summed E-state index contributed by atoms with van der Waals surface area (Å²) >= 11 is 5.71. The standard InChI is InChI=1S/C12H15ClFNO/c1-8-6-9(4-5-10(8)14)11(16)15-12(2,3)7-13/h4-6H,7H2,1-3H3,(H,15,16). The summed E-state index contributed by atoms with van der Waals surface area (Å²) in [7, 11) is 0. The van der Waals surface area contributed by atoms with Gasteiger partial charge in [-0.3, -0.25) is 4.79 Å². The third kappa shape index (κ3) is 3.20. The molecular weight excluding hydrogens is 229 g/mol. The molecule has 0 aliphatic heterocycles. The minimum atomic E-state index is -0.471. The van der Waals surface area contributed by atoms with Gasteiger partial charge >= 0.3 is 0 Å². The first-order chi connectivity index (χ1) is 7.35. The van der Waals surface area contributed by atoms with Gasteiger partial charge in [0.1, 0.15) is 5.82 Å². The smallest absolute Gasteiger partial charge is 0.251 e. The van der Waals surface area contributed by atoms with Crippen molar-refractivity contribution in [3.8, 4) is 0 Å². The minimum absolute atomic E-state index is 0.242. The van der Waals surface area contributed by atoms with E-state index >= 15 is 0 Å². The van der Waals surface area contributed by atoms with E-state index in [-0.39, 0.29) is 11.7 Å². The zero-order valence-electron chi connectivity index (χ0n) is 9.60. The fourth-order valence-corrected chi connectivity index (χ4v) is 1.27. The van der Waals surface area contributed by atoms with Crippen molar-refractivity contribution in [2.45, 2.75) is 26.3 Å². The highest BCUT2D eigenvalue weighted by atomic mass is 35.5. The third-order valence-corrected chi connectivity index (χ3v) is 2.87. The highest BCUT2D eigenvalue weighted by Crippen LogP contribution is 2.11. The molecule has 1 N–H and O–H groups in total. The SMILES string of the molecule is Cc1cc(C(=O)NC(C)(C)CCl)ccc1F. The Balaban J connectivity index is 2.85. The molecule has 0 atom stereocenters.